The maximum absolute atomic E-state index is 9.96. The van der Waals surface area contributed by atoms with E-state index in [1.807, 2.05) is 36.4 Å². The molecule has 3 aromatic carbocycles. The summed E-state index contributed by atoms with van der Waals surface area (Å²) in [5.41, 5.74) is 12.2. The van der Waals surface area contributed by atoms with E-state index in [0.29, 0.717) is 13.1 Å². The SMILES string of the molecule is NCc1ccccc1-c1ccc([C@H]2O[C@@H](CN3CC[C@H](O)C3)C[C@@H](c3ccc(CO)cc3)O2)cc1. The van der Waals surface area contributed by atoms with Crippen molar-refractivity contribution in [2.24, 2.45) is 5.73 Å². The average molecular weight is 475 g/mol. The van der Waals surface area contributed by atoms with Crippen LogP contribution in [-0.4, -0.2) is 47.0 Å². The van der Waals surface area contributed by atoms with Crippen LogP contribution in [0, 0.1) is 0 Å². The summed E-state index contributed by atoms with van der Waals surface area (Å²) in [7, 11) is 0. The molecule has 4 atom stereocenters. The van der Waals surface area contributed by atoms with Crippen LogP contribution in [0.1, 0.15) is 47.5 Å². The van der Waals surface area contributed by atoms with Crippen molar-refractivity contribution in [3.05, 3.63) is 95.1 Å². The molecule has 0 bridgehead atoms. The minimum atomic E-state index is -0.484. The molecule has 0 aromatic heterocycles. The van der Waals surface area contributed by atoms with Crippen LogP contribution in [0.15, 0.2) is 72.8 Å². The standard InChI is InChI=1S/C29H34N2O4/c30-16-24-3-1-2-4-27(24)21-9-11-23(12-10-21)29-34-26(18-31-14-13-25(33)17-31)15-28(35-29)22-7-5-20(19-32)6-8-22/h1-12,25-26,28-29,32-33H,13-19,30H2/t25-,26+,28-,29-/m0/s1. The number of hydrogen-bond acceptors (Lipinski definition) is 6. The van der Waals surface area contributed by atoms with E-state index in [2.05, 4.69) is 41.3 Å². The van der Waals surface area contributed by atoms with E-state index in [-0.39, 0.29) is 24.9 Å². The first kappa shape index (κ1) is 24.1. The lowest BCUT2D eigenvalue weighted by Gasteiger charge is -2.38. The molecular weight excluding hydrogens is 440 g/mol. The van der Waals surface area contributed by atoms with Crippen LogP contribution >= 0.6 is 0 Å². The monoisotopic (exact) mass is 474 g/mol. The second kappa shape index (κ2) is 11.0. The maximum atomic E-state index is 9.96. The van der Waals surface area contributed by atoms with Crippen LogP contribution in [0.4, 0.5) is 0 Å². The average Bonchev–Trinajstić information content (AvgIpc) is 3.32. The molecule has 6 nitrogen and oxygen atoms in total. The van der Waals surface area contributed by atoms with E-state index in [9.17, 15) is 10.2 Å². The third-order valence-electron chi connectivity index (χ3n) is 7.06. The third kappa shape index (κ3) is 5.64. The van der Waals surface area contributed by atoms with Gasteiger partial charge in [-0.2, -0.15) is 0 Å². The Kier molecular flexibility index (Phi) is 7.58. The molecule has 184 valence electrons. The van der Waals surface area contributed by atoms with E-state index < -0.39 is 6.29 Å². The highest BCUT2D eigenvalue weighted by atomic mass is 16.7. The fraction of sp³-hybridized carbons (Fsp3) is 0.379. The van der Waals surface area contributed by atoms with Crippen molar-refractivity contribution >= 4 is 0 Å². The number of rotatable bonds is 7. The Balaban J connectivity index is 1.37. The first-order chi connectivity index (χ1) is 17.1. The molecule has 35 heavy (non-hydrogen) atoms. The zero-order valence-corrected chi connectivity index (χ0v) is 19.9. The molecule has 0 unspecified atom stereocenters. The normalized spacial score (nSPS) is 25.1. The maximum Gasteiger partial charge on any atom is 0.184 e. The van der Waals surface area contributed by atoms with Gasteiger partial charge in [0.05, 0.1) is 24.9 Å². The lowest BCUT2D eigenvalue weighted by Crippen LogP contribution is -2.38. The zero-order chi connectivity index (χ0) is 24.2. The van der Waals surface area contributed by atoms with Crippen molar-refractivity contribution in [2.75, 3.05) is 19.6 Å². The molecule has 0 spiro atoms. The molecule has 2 aliphatic heterocycles. The van der Waals surface area contributed by atoms with E-state index in [0.717, 1.165) is 59.3 Å². The fourth-order valence-electron chi connectivity index (χ4n) is 5.10. The number of benzene rings is 3. The van der Waals surface area contributed by atoms with E-state index in [1.54, 1.807) is 0 Å². The molecule has 0 radical (unpaired) electrons. The second-order valence-electron chi connectivity index (χ2n) is 9.54. The molecule has 2 saturated heterocycles. The Hall–Kier alpha value is -2.58. The minimum Gasteiger partial charge on any atom is -0.392 e. The van der Waals surface area contributed by atoms with Crippen LogP contribution in [0.5, 0.6) is 0 Å². The number of aliphatic hydroxyl groups excluding tert-OH is 2. The highest BCUT2D eigenvalue weighted by molar-refractivity contribution is 5.67. The van der Waals surface area contributed by atoms with Crippen molar-refractivity contribution in [2.45, 2.75) is 50.6 Å². The van der Waals surface area contributed by atoms with Gasteiger partial charge in [-0.25, -0.2) is 0 Å². The Morgan fingerprint density at radius 3 is 2.34 bits per heavy atom. The summed E-state index contributed by atoms with van der Waals surface area (Å²) >= 11 is 0. The predicted molar refractivity (Wildman–Crippen MR) is 135 cm³/mol. The number of aliphatic hydroxyl groups is 2. The smallest absolute Gasteiger partial charge is 0.184 e. The molecule has 2 aliphatic rings. The number of ether oxygens (including phenoxy) is 2. The summed E-state index contributed by atoms with van der Waals surface area (Å²) in [6.45, 7) is 2.87. The Morgan fingerprint density at radius 2 is 1.66 bits per heavy atom. The second-order valence-corrected chi connectivity index (χ2v) is 9.54. The molecule has 0 saturated carbocycles. The van der Waals surface area contributed by atoms with Gasteiger partial charge in [0.25, 0.3) is 0 Å². The zero-order valence-electron chi connectivity index (χ0n) is 19.9. The van der Waals surface area contributed by atoms with Gasteiger partial charge in [-0.1, -0.05) is 72.8 Å². The lowest BCUT2D eigenvalue weighted by atomic mass is 9.97. The molecule has 5 rings (SSSR count). The van der Waals surface area contributed by atoms with Crippen molar-refractivity contribution in [3.8, 4) is 11.1 Å². The van der Waals surface area contributed by atoms with E-state index >= 15 is 0 Å². The first-order valence-electron chi connectivity index (χ1n) is 12.4. The molecule has 6 heteroatoms. The van der Waals surface area contributed by atoms with Gasteiger partial charge in [0, 0.05) is 38.2 Å². The van der Waals surface area contributed by atoms with Gasteiger partial charge in [-0.3, -0.25) is 4.90 Å². The third-order valence-corrected chi connectivity index (χ3v) is 7.06. The van der Waals surface area contributed by atoms with Gasteiger partial charge in [0.2, 0.25) is 0 Å². The molecular formula is C29H34N2O4. The summed E-state index contributed by atoms with van der Waals surface area (Å²) in [6.07, 6.45) is 0.684. The topological polar surface area (TPSA) is 88.2 Å². The van der Waals surface area contributed by atoms with Crippen LogP contribution in [0.2, 0.25) is 0 Å². The molecule has 2 fully saturated rings. The van der Waals surface area contributed by atoms with Crippen molar-refractivity contribution in [3.63, 3.8) is 0 Å². The first-order valence-corrected chi connectivity index (χ1v) is 12.4. The summed E-state index contributed by atoms with van der Waals surface area (Å²) < 4.78 is 12.9. The van der Waals surface area contributed by atoms with Gasteiger partial charge >= 0.3 is 0 Å². The van der Waals surface area contributed by atoms with Crippen LogP contribution in [0.25, 0.3) is 11.1 Å². The molecule has 4 N–H and O–H groups in total. The minimum absolute atomic E-state index is 0.0146. The summed E-state index contributed by atoms with van der Waals surface area (Å²) in [4.78, 5) is 2.27. The van der Waals surface area contributed by atoms with Gasteiger partial charge in [-0.05, 0) is 34.2 Å². The number of β-amino-alcohol motifs (C(OH)–C–C–N with tert-alkyl or cyclic N) is 1. The summed E-state index contributed by atoms with van der Waals surface area (Å²) in [5, 5.41) is 19.4. The quantitative estimate of drug-likeness (QED) is 0.481. The summed E-state index contributed by atoms with van der Waals surface area (Å²) in [5.74, 6) is 0. The Labute approximate surface area is 206 Å². The van der Waals surface area contributed by atoms with Gasteiger partial charge < -0.3 is 25.4 Å². The Bertz CT molecular complexity index is 1100. The van der Waals surface area contributed by atoms with E-state index in [1.165, 1.54) is 0 Å². The number of hydrogen-bond donors (Lipinski definition) is 3. The highest BCUT2D eigenvalue weighted by Gasteiger charge is 2.34. The van der Waals surface area contributed by atoms with Crippen LogP contribution in [-0.2, 0) is 22.6 Å². The van der Waals surface area contributed by atoms with Crippen molar-refractivity contribution in [1.29, 1.82) is 0 Å². The predicted octanol–water partition coefficient (Wildman–Crippen LogP) is 3.92. The fourth-order valence-corrected chi connectivity index (χ4v) is 5.10. The summed E-state index contributed by atoms with van der Waals surface area (Å²) in [6, 6.07) is 24.5. The highest BCUT2D eigenvalue weighted by Crippen LogP contribution is 2.39. The van der Waals surface area contributed by atoms with Crippen LogP contribution in [0.3, 0.4) is 0 Å². The Morgan fingerprint density at radius 1 is 0.914 bits per heavy atom. The number of likely N-dealkylation sites (tertiary alicyclic amines) is 1. The van der Waals surface area contributed by atoms with Gasteiger partial charge in [0.15, 0.2) is 6.29 Å². The molecule has 0 aliphatic carbocycles. The van der Waals surface area contributed by atoms with E-state index in [4.69, 9.17) is 15.2 Å². The molecule has 2 heterocycles. The molecule has 3 aromatic rings. The number of nitrogens with zero attached hydrogens (tertiary/aromatic N) is 1. The lowest BCUT2D eigenvalue weighted by molar-refractivity contribution is -0.252. The van der Waals surface area contributed by atoms with Gasteiger partial charge in [-0.15, -0.1) is 0 Å². The van der Waals surface area contributed by atoms with Crippen molar-refractivity contribution in [1.82, 2.24) is 4.90 Å². The van der Waals surface area contributed by atoms with Crippen molar-refractivity contribution < 1.29 is 19.7 Å². The largest absolute Gasteiger partial charge is 0.392 e. The van der Waals surface area contributed by atoms with Gasteiger partial charge in [0.1, 0.15) is 0 Å². The molecule has 0 amide bonds. The van der Waals surface area contributed by atoms with Crippen LogP contribution < -0.4 is 5.73 Å². The number of nitrogens with two attached hydrogens (primary N) is 1.